The van der Waals surface area contributed by atoms with Crippen LogP contribution in [0.4, 0.5) is 0 Å². The first-order valence-electron chi connectivity index (χ1n) is 10.0. The summed E-state index contributed by atoms with van der Waals surface area (Å²) in [6.45, 7) is 5.98. The Hall–Kier alpha value is -3.15. The Kier molecular flexibility index (Phi) is 5.60. The molecule has 1 aromatic heterocycles. The number of nitrogens with zero attached hydrogens (tertiary/aromatic N) is 3. The molecule has 1 saturated heterocycles. The van der Waals surface area contributed by atoms with Crippen LogP contribution < -0.4 is 4.74 Å². The maximum Gasteiger partial charge on any atom is 0.232 e. The number of aryl methyl sites for hydroxylation is 1. The van der Waals surface area contributed by atoms with Crippen LogP contribution in [0.1, 0.15) is 42.7 Å². The lowest BCUT2D eigenvalue weighted by atomic mass is 10.1. The third-order valence-electron chi connectivity index (χ3n) is 5.08. The van der Waals surface area contributed by atoms with Gasteiger partial charge in [0.05, 0.1) is 12.5 Å². The Labute approximate surface area is 170 Å². The van der Waals surface area contributed by atoms with Gasteiger partial charge in [0.2, 0.25) is 17.6 Å². The number of benzene rings is 2. The van der Waals surface area contributed by atoms with Gasteiger partial charge < -0.3 is 14.2 Å². The number of amides is 1. The molecule has 1 amide bonds. The van der Waals surface area contributed by atoms with Gasteiger partial charge in [0.15, 0.2) is 0 Å². The van der Waals surface area contributed by atoms with Crippen LogP contribution in [0.2, 0.25) is 0 Å². The SMILES string of the molecule is CCCOc1ccc(CN2CC(c3nc(-c4ccc(C)cc4)no3)CC2=O)cc1. The molecule has 0 N–H and O–H groups in total. The van der Waals surface area contributed by atoms with Crippen molar-refractivity contribution in [3.8, 4) is 17.1 Å². The lowest BCUT2D eigenvalue weighted by Gasteiger charge is -2.16. The van der Waals surface area contributed by atoms with E-state index in [1.54, 1.807) is 0 Å². The summed E-state index contributed by atoms with van der Waals surface area (Å²) in [6.07, 6.45) is 1.37. The second kappa shape index (κ2) is 8.47. The summed E-state index contributed by atoms with van der Waals surface area (Å²) in [7, 11) is 0. The van der Waals surface area contributed by atoms with E-state index in [1.165, 1.54) is 5.56 Å². The molecular formula is C23H25N3O3. The van der Waals surface area contributed by atoms with Crippen LogP contribution in [0.15, 0.2) is 53.1 Å². The van der Waals surface area contributed by atoms with Gasteiger partial charge in [0, 0.05) is 25.1 Å². The molecule has 4 rings (SSSR count). The third-order valence-corrected chi connectivity index (χ3v) is 5.08. The first-order valence-corrected chi connectivity index (χ1v) is 10.0. The molecule has 29 heavy (non-hydrogen) atoms. The maximum atomic E-state index is 12.5. The highest BCUT2D eigenvalue weighted by Gasteiger charge is 2.34. The van der Waals surface area contributed by atoms with Gasteiger partial charge in [-0.2, -0.15) is 4.98 Å². The van der Waals surface area contributed by atoms with Crippen molar-refractivity contribution in [1.82, 2.24) is 15.0 Å². The topological polar surface area (TPSA) is 68.5 Å². The Morgan fingerprint density at radius 2 is 1.90 bits per heavy atom. The van der Waals surface area contributed by atoms with E-state index in [1.807, 2.05) is 60.4 Å². The molecule has 1 unspecified atom stereocenters. The van der Waals surface area contributed by atoms with Crippen molar-refractivity contribution in [3.63, 3.8) is 0 Å². The van der Waals surface area contributed by atoms with Crippen LogP contribution in [0.3, 0.4) is 0 Å². The van der Waals surface area contributed by atoms with Crippen LogP contribution in [0, 0.1) is 6.92 Å². The lowest BCUT2D eigenvalue weighted by Crippen LogP contribution is -2.24. The Morgan fingerprint density at radius 1 is 1.14 bits per heavy atom. The average Bonchev–Trinajstić information content (AvgIpc) is 3.35. The van der Waals surface area contributed by atoms with Crippen molar-refractivity contribution in [1.29, 1.82) is 0 Å². The van der Waals surface area contributed by atoms with Crippen LogP contribution in [-0.4, -0.2) is 34.1 Å². The molecule has 6 heteroatoms. The van der Waals surface area contributed by atoms with Crippen LogP contribution >= 0.6 is 0 Å². The highest BCUT2D eigenvalue weighted by atomic mass is 16.5. The van der Waals surface area contributed by atoms with Crippen molar-refractivity contribution in [2.45, 2.75) is 39.2 Å². The molecular weight excluding hydrogens is 366 g/mol. The monoisotopic (exact) mass is 391 g/mol. The zero-order valence-electron chi connectivity index (χ0n) is 16.8. The molecule has 1 aliphatic heterocycles. The normalized spacial score (nSPS) is 16.4. The van der Waals surface area contributed by atoms with Crippen molar-refractivity contribution in [2.75, 3.05) is 13.2 Å². The summed E-state index contributed by atoms with van der Waals surface area (Å²) in [5.74, 6) is 1.99. The first kappa shape index (κ1) is 19.2. The summed E-state index contributed by atoms with van der Waals surface area (Å²) in [4.78, 5) is 18.9. The summed E-state index contributed by atoms with van der Waals surface area (Å²) in [5.41, 5.74) is 3.17. The second-order valence-corrected chi connectivity index (χ2v) is 7.49. The molecule has 0 radical (unpaired) electrons. The largest absolute Gasteiger partial charge is 0.494 e. The molecule has 1 fully saturated rings. The van der Waals surface area contributed by atoms with Crippen molar-refractivity contribution >= 4 is 5.91 Å². The number of ether oxygens (including phenoxy) is 1. The summed E-state index contributed by atoms with van der Waals surface area (Å²) < 4.78 is 11.1. The maximum absolute atomic E-state index is 12.5. The van der Waals surface area contributed by atoms with Gasteiger partial charge in [-0.05, 0) is 31.0 Å². The molecule has 1 aliphatic rings. The quantitative estimate of drug-likeness (QED) is 0.599. The number of aromatic nitrogens is 2. The summed E-state index contributed by atoms with van der Waals surface area (Å²) in [5, 5.41) is 4.10. The highest BCUT2D eigenvalue weighted by molar-refractivity contribution is 5.79. The number of hydrogen-bond acceptors (Lipinski definition) is 5. The molecule has 0 saturated carbocycles. The van der Waals surface area contributed by atoms with Gasteiger partial charge in [0.1, 0.15) is 5.75 Å². The van der Waals surface area contributed by atoms with Crippen molar-refractivity contribution in [3.05, 3.63) is 65.5 Å². The van der Waals surface area contributed by atoms with E-state index < -0.39 is 0 Å². The second-order valence-electron chi connectivity index (χ2n) is 7.49. The Morgan fingerprint density at radius 3 is 2.62 bits per heavy atom. The number of hydrogen-bond donors (Lipinski definition) is 0. The number of likely N-dealkylation sites (tertiary alicyclic amines) is 1. The Bertz CT molecular complexity index is 964. The minimum absolute atomic E-state index is 0.0682. The van der Waals surface area contributed by atoms with E-state index in [0.717, 1.165) is 23.3 Å². The molecule has 0 aliphatic carbocycles. The number of rotatable bonds is 7. The summed E-state index contributed by atoms with van der Waals surface area (Å²) >= 11 is 0. The molecule has 0 spiro atoms. The molecule has 150 valence electrons. The van der Waals surface area contributed by atoms with Gasteiger partial charge >= 0.3 is 0 Å². The van der Waals surface area contributed by atoms with Crippen molar-refractivity contribution in [2.24, 2.45) is 0 Å². The van der Waals surface area contributed by atoms with E-state index in [9.17, 15) is 4.79 Å². The predicted molar refractivity (Wildman–Crippen MR) is 109 cm³/mol. The van der Waals surface area contributed by atoms with Crippen LogP contribution in [-0.2, 0) is 11.3 Å². The molecule has 2 heterocycles. The van der Waals surface area contributed by atoms with Gasteiger partial charge in [-0.1, -0.05) is 54.0 Å². The molecule has 1 atom stereocenters. The zero-order chi connectivity index (χ0) is 20.2. The van der Waals surface area contributed by atoms with Gasteiger partial charge in [0.25, 0.3) is 0 Å². The van der Waals surface area contributed by atoms with E-state index in [-0.39, 0.29) is 11.8 Å². The van der Waals surface area contributed by atoms with E-state index in [0.29, 0.717) is 37.8 Å². The fourth-order valence-corrected chi connectivity index (χ4v) is 3.44. The first-order chi connectivity index (χ1) is 14.1. The van der Waals surface area contributed by atoms with Crippen LogP contribution in [0.25, 0.3) is 11.4 Å². The standard InChI is InChI=1S/C23H25N3O3/c1-3-12-28-20-10-6-17(7-11-20)14-26-15-19(13-21(26)27)23-24-22(25-29-23)18-8-4-16(2)5-9-18/h4-11,19H,3,12-15H2,1-2H3. The van der Waals surface area contributed by atoms with Crippen LogP contribution in [0.5, 0.6) is 5.75 Å². The smallest absolute Gasteiger partial charge is 0.232 e. The predicted octanol–water partition coefficient (Wildman–Crippen LogP) is 4.35. The highest BCUT2D eigenvalue weighted by Crippen LogP contribution is 2.30. The van der Waals surface area contributed by atoms with E-state index >= 15 is 0 Å². The fourth-order valence-electron chi connectivity index (χ4n) is 3.44. The number of carbonyl (C=O) groups is 1. The third kappa shape index (κ3) is 4.47. The molecule has 2 aromatic carbocycles. The molecule has 6 nitrogen and oxygen atoms in total. The van der Waals surface area contributed by atoms with E-state index in [4.69, 9.17) is 9.26 Å². The number of carbonyl (C=O) groups excluding carboxylic acids is 1. The van der Waals surface area contributed by atoms with E-state index in [2.05, 4.69) is 17.1 Å². The van der Waals surface area contributed by atoms with Gasteiger partial charge in [-0.25, -0.2) is 0 Å². The summed E-state index contributed by atoms with van der Waals surface area (Å²) in [6, 6.07) is 15.9. The van der Waals surface area contributed by atoms with Crippen molar-refractivity contribution < 1.29 is 14.1 Å². The van der Waals surface area contributed by atoms with Gasteiger partial charge in [-0.15, -0.1) is 0 Å². The zero-order valence-corrected chi connectivity index (χ0v) is 16.8. The minimum Gasteiger partial charge on any atom is -0.494 e. The molecule has 0 bridgehead atoms. The average molecular weight is 391 g/mol. The molecule has 3 aromatic rings. The Balaban J connectivity index is 1.40. The fraction of sp³-hybridized carbons (Fsp3) is 0.348. The van der Waals surface area contributed by atoms with Gasteiger partial charge in [-0.3, -0.25) is 4.79 Å². The minimum atomic E-state index is -0.0682. The lowest BCUT2D eigenvalue weighted by molar-refractivity contribution is -0.128.